The van der Waals surface area contributed by atoms with Crippen molar-refractivity contribution < 1.29 is 17.4 Å². The average Bonchev–Trinajstić information content (AvgIpc) is 3.33. The highest BCUT2D eigenvalue weighted by Gasteiger charge is 2.60. The number of piperidine rings is 1. The first-order chi connectivity index (χ1) is 18.8. The lowest BCUT2D eigenvalue weighted by Crippen LogP contribution is -2.50. The summed E-state index contributed by atoms with van der Waals surface area (Å²) in [7, 11) is -0.804. The number of sulfonamides is 1. The Bertz CT molecular complexity index is 1070. The molecule has 2 unspecified atom stereocenters. The maximum absolute atomic E-state index is 11.9. The van der Waals surface area contributed by atoms with E-state index < -0.39 is 10.0 Å². The normalized spacial score (nSPS) is 47.0. The third kappa shape index (κ3) is 5.62. The molecule has 0 aromatic carbocycles. The lowest BCUT2D eigenvalue weighted by atomic mass is 9.52. The minimum Gasteiger partial charge on any atom is -0.369 e. The summed E-state index contributed by atoms with van der Waals surface area (Å²) in [6.45, 7) is 15.5. The highest BCUT2D eigenvalue weighted by atomic mass is 32.2. The van der Waals surface area contributed by atoms with E-state index in [0.717, 1.165) is 42.9 Å². The number of unbranched alkanes of at least 4 members (excludes halogenated alkanes) is 1. The average molecular weight is 583 g/mol. The molecule has 236 valence electrons. The summed E-state index contributed by atoms with van der Waals surface area (Å²) in [5.74, 6) is 4.30. The van der Waals surface area contributed by atoms with Gasteiger partial charge in [0.2, 0.25) is 10.0 Å². The van der Waals surface area contributed by atoms with Crippen molar-refractivity contribution in [1.82, 2.24) is 9.62 Å². The standard InChI is InChI=1S/C30H50N2O3S.C4H10.3H2/c1-18-13-27-28(32(5)17-18)20(3)30(35-27)12-10-23-24-8-7-21-14-22(31-36(6,33)34)9-11-29(21,4)26(24)15-25(23)19(2)16-30;1-3-4-2;;;/h18,20-24,26-28,31H,7-17H2,1-6H3;3-4H2,1-2H3;3*1H/t18-,20+,21+,22+,23?,24-,26?,27+,28-,29-,30-;;;;/m0..../s1. The molecule has 6 heteroatoms. The van der Waals surface area contributed by atoms with Gasteiger partial charge in [-0.1, -0.05) is 58.6 Å². The van der Waals surface area contributed by atoms with Gasteiger partial charge in [0.25, 0.3) is 0 Å². The van der Waals surface area contributed by atoms with E-state index in [4.69, 9.17) is 4.74 Å². The van der Waals surface area contributed by atoms with Crippen LogP contribution in [0.2, 0.25) is 0 Å². The van der Waals surface area contributed by atoms with Crippen molar-refractivity contribution in [3.63, 3.8) is 0 Å². The third-order valence-corrected chi connectivity index (χ3v) is 13.6. The van der Waals surface area contributed by atoms with Gasteiger partial charge in [-0.15, -0.1) is 0 Å². The molecule has 1 N–H and O–H groups in total. The Labute approximate surface area is 251 Å². The van der Waals surface area contributed by atoms with Gasteiger partial charge in [-0.3, -0.25) is 0 Å². The molecule has 40 heavy (non-hydrogen) atoms. The fraction of sp³-hybridized carbons (Fsp3) is 0.941. The van der Waals surface area contributed by atoms with Crippen LogP contribution in [0.3, 0.4) is 0 Å². The molecule has 0 bridgehead atoms. The SMILES string of the molecule is CC1=C2CC3[C@@H](CC[C@@H]4C[C@H](NS(C)(=O)=O)CC[C@]34C)C2CC[C@@]2(C1)O[C@@H]1C[C@H](C)CN(C)[C@H]1[C@H]2C.CCCC.[HH].[HH].[HH]. The van der Waals surface area contributed by atoms with Gasteiger partial charge in [-0.25, -0.2) is 13.1 Å². The summed E-state index contributed by atoms with van der Waals surface area (Å²) in [6.07, 6.45) is 16.3. The summed E-state index contributed by atoms with van der Waals surface area (Å²) >= 11 is 0. The van der Waals surface area contributed by atoms with E-state index in [0.29, 0.717) is 29.4 Å². The lowest BCUT2D eigenvalue weighted by Gasteiger charge is -2.54. The number of nitrogens with one attached hydrogen (secondary N) is 1. The van der Waals surface area contributed by atoms with Crippen LogP contribution in [-0.4, -0.2) is 57.0 Å². The Balaban J connectivity index is 0.000000870. The molecule has 11 atom stereocenters. The monoisotopic (exact) mass is 582 g/mol. The molecule has 0 aromatic heterocycles. The van der Waals surface area contributed by atoms with Crippen LogP contribution in [0.4, 0.5) is 0 Å². The van der Waals surface area contributed by atoms with E-state index in [1.807, 2.05) is 0 Å². The maximum atomic E-state index is 11.9. The smallest absolute Gasteiger partial charge is 0.208 e. The van der Waals surface area contributed by atoms with E-state index >= 15 is 0 Å². The van der Waals surface area contributed by atoms with Crippen LogP contribution in [0, 0.1) is 40.9 Å². The molecule has 3 saturated carbocycles. The van der Waals surface area contributed by atoms with Crippen molar-refractivity contribution in [2.45, 2.75) is 142 Å². The molecule has 2 heterocycles. The predicted molar refractivity (Wildman–Crippen MR) is 172 cm³/mol. The highest BCUT2D eigenvalue weighted by molar-refractivity contribution is 7.88. The quantitative estimate of drug-likeness (QED) is 0.344. The Morgan fingerprint density at radius 2 is 1.80 bits per heavy atom. The predicted octanol–water partition coefficient (Wildman–Crippen LogP) is 7.92. The van der Waals surface area contributed by atoms with Gasteiger partial charge < -0.3 is 9.64 Å². The number of nitrogens with zero attached hydrogens (tertiary/aromatic N) is 1. The van der Waals surface area contributed by atoms with E-state index in [2.05, 4.69) is 58.2 Å². The van der Waals surface area contributed by atoms with Gasteiger partial charge in [0.15, 0.2) is 0 Å². The van der Waals surface area contributed by atoms with Crippen molar-refractivity contribution in [2.24, 2.45) is 40.9 Å². The van der Waals surface area contributed by atoms with Crippen LogP contribution in [0.1, 0.15) is 123 Å². The Hall–Kier alpha value is -0.430. The Kier molecular flexibility index (Phi) is 8.98. The summed E-state index contributed by atoms with van der Waals surface area (Å²) < 4.78 is 33.8. The van der Waals surface area contributed by atoms with Gasteiger partial charge in [0, 0.05) is 28.8 Å². The zero-order chi connectivity index (χ0) is 29.0. The van der Waals surface area contributed by atoms with Crippen molar-refractivity contribution in [1.29, 1.82) is 0 Å². The molecule has 0 amide bonds. The van der Waals surface area contributed by atoms with Crippen molar-refractivity contribution in [2.75, 3.05) is 19.8 Å². The second-order valence-corrected chi connectivity index (χ2v) is 17.3. The Morgan fingerprint density at radius 1 is 1.07 bits per heavy atom. The van der Waals surface area contributed by atoms with Crippen LogP contribution in [0.15, 0.2) is 11.1 Å². The van der Waals surface area contributed by atoms with Gasteiger partial charge in [-0.05, 0) is 113 Å². The van der Waals surface area contributed by atoms with Gasteiger partial charge in [-0.2, -0.15) is 0 Å². The third-order valence-electron chi connectivity index (χ3n) is 12.9. The fourth-order valence-corrected chi connectivity index (χ4v) is 11.6. The van der Waals surface area contributed by atoms with Crippen molar-refractivity contribution in [3.8, 4) is 0 Å². The topological polar surface area (TPSA) is 58.6 Å². The molecular weight excluding hydrogens is 516 g/mol. The largest absolute Gasteiger partial charge is 0.369 e. The number of allylic oxidation sites excluding steroid dienone is 1. The number of likely N-dealkylation sites (tertiary alicyclic amines) is 1. The fourth-order valence-electron chi connectivity index (χ4n) is 10.8. The molecule has 4 aliphatic carbocycles. The second-order valence-electron chi connectivity index (χ2n) is 15.5. The van der Waals surface area contributed by atoms with E-state index in [9.17, 15) is 8.42 Å². The first kappa shape index (κ1) is 31.0. The molecule has 6 aliphatic rings. The van der Waals surface area contributed by atoms with Crippen LogP contribution < -0.4 is 4.72 Å². The molecular formula is C34H66N2O3S. The van der Waals surface area contributed by atoms with E-state index in [-0.39, 0.29) is 15.9 Å². The maximum Gasteiger partial charge on any atom is 0.208 e. The van der Waals surface area contributed by atoms with E-state index in [1.165, 1.54) is 70.6 Å². The number of hydrogen-bond donors (Lipinski definition) is 1. The zero-order valence-corrected chi connectivity index (χ0v) is 27.8. The lowest BCUT2D eigenvalue weighted by molar-refractivity contribution is -0.0796. The summed E-state index contributed by atoms with van der Waals surface area (Å²) in [5, 5.41) is 0. The molecule has 5 fully saturated rings. The number of hydrogen-bond acceptors (Lipinski definition) is 4. The van der Waals surface area contributed by atoms with Gasteiger partial charge in [0.1, 0.15) is 0 Å². The summed E-state index contributed by atoms with van der Waals surface area (Å²) in [6, 6.07) is 0.711. The number of rotatable bonds is 3. The number of fused-ring (bicyclic) bond motifs is 6. The van der Waals surface area contributed by atoms with Gasteiger partial charge >= 0.3 is 0 Å². The summed E-state index contributed by atoms with van der Waals surface area (Å²) in [5.41, 5.74) is 3.84. The van der Waals surface area contributed by atoms with Crippen LogP contribution in [0.5, 0.6) is 0 Å². The molecule has 2 aliphatic heterocycles. The van der Waals surface area contributed by atoms with Crippen molar-refractivity contribution >= 4 is 10.0 Å². The van der Waals surface area contributed by atoms with Crippen LogP contribution >= 0.6 is 0 Å². The van der Waals surface area contributed by atoms with Crippen molar-refractivity contribution in [3.05, 3.63) is 11.1 Å². The van der Waals surface area contributed by atoms with Gasteiger partial charge in [0.05, 0.1) is 18.0 Å². The molecule has 6 rings (SSSR count). The number of ether oxygens (including phenoxy) is 1. The first-order valence-corrected chi connectivity index (χ1v) is 18.7. The van der Waals surface area contributed by atoms with E-state index in [1.54, 1.807) is 11.1 Å². The number of likely N-dealkylation sites (N-methyl/N-ethyl adjacent to an activating group) is 1. The zero-order valence-electron chi connectivity index (χ0n) is 27.0. The van der Waals surface area contributed by atoms with Crippen LogP contribution in [-0.2, 0) is 14.8 Å². The first-order valence-electron chi connectivity index (χ1n) is 16.9. The second kappa shape index (κ2) is 11.6. The summed E-state index contributed by atoms with van der Waals surface area (Å²) in [4.78, 5) is 2.61. The minimum absolute atomic E-state index is 0. The molecule has 2 saturated heterocycles. The Morgan fingerprint density at radius 3 is 2.48 bits per heavy atom. The molecule has 0 radical (unpaired) electrons. The molecule has 5 nitrogen and oxygen atoms in total. The van der Waals surface area contributed by atoms with Crippen LogP contribution in [0.25, 0.3) is 0 Å². The minimum atomic E-state index is -3.13. The molecule has 1 spiro atoms. The highest BCUT2D eigenvalue weighted by Crippen LogP contribution is 2.65. The molecule has 0 aromatic rings.